The van der Waals surface area contributed by atoms with Gasteiger partial charge in [-0.15, -0.1) is 0 Å². The maximum Gasteiger partial charge on any atom is 0.228 e. The maximum atomic E-state index is 13.3. The number of carbonyl (C=O) groups excluding carboxylic acids is 1. The second kappa shape index (κ2) is 7.02. The quantitative estimate of drug-likeness (QED) is 0.855. The SMILES string of the molecule is O=C(Cc1cccc(F)c1Cl)Nc1ccc(CO)c(Br)c1. The van der Waals surface area contributed by atoms with E-state index in [1.54, 1.807) is 24.3 Å². The maximum absolute atomic E-state index is 13.3. The van der Waals surface area contributed by atoms with E-state index in [9.17, 15) is 9.18 Å². The van der Waals surface area contributed by atoms with Crippen molar-refractivity contribution in [1.82, 2.24) is 0 Å². The van der Waals surface area contributed by atoms with Crippen LogP contribution in [0.2, 0.25) is 5.02 Å². The normalized spacial score (nSPS) is 10.5. The van der Waals surface area contributed by atoms with Gasteiger partial charge in [-0.1, -0.05) is 45.7 Å². The molecule has 0 unspecified atom stereocenters. The Hall–Kier alpha value is -1.43. The zero-order valence-corrected chi connectivity index (χ0v) is 13.2. The lowest BCUT2D eigenvalue weighted by atomic mass is 10.1. The van der Waals surface area contributed by atoms with E-state index in [1.165, 1.54) is 12.1 Å². The minimum Gasteiger partial charge on any atom is -0.392 e. The van der Waals surface area contributed by atoms with Crippen molar-refractivity contribution in [3.63, 3.8) is 0 Å². The minimum atomic E-state index is -0.544. The van der Waals surface area contributed by atoms with E-state index >= 15 is 0 Å². The molecule has 0 fully saturated rings. The molecule has 0 radical (unpaired) electrons. The molecule has 2 aromatic carbocycles. The van der Waals surface area contributed by atoms with Gasteiger partial charge in [-0.25, -0.2) is 4.39 Å². The molecule has 2 aromatic rings. The van der Waals surface area contributed by atoms with Gasteiger partial charge in [-0.05, 0) is 29.3 Å². The smallest absolute Gasteiger partial charge is 0.228 e. The molecular weight excluding hydrogens is 361 g/mol. The lowest BCUT2D eigenvalue weighted by molar-refractivity contribution is -0.115. The van der Waals surface area contributed by atoms with Gasteiger partial charge in [0.2, 0.25) is 5.91 Å². The van der Waals surface area contributed by atoms with E-state index < -0.39 is 5.82 Å². The molecule has 2 rings (SSSR count). The van der Waals surface area contributed by atoms with Gasteiger partial charge >= 0.3 is 0 Å². The van der Waals surface area contributed by atoms with E-state index in [4.69, 9.17) is 16.7 Å². The van der Waals surface area contributed by atoms with E-state index in [2.05, 4.69) is 21.2 Å². The summed E-state index contributed by atoms with van der Waals surface area (Å²) in [6, 6.07) is 9.44. The zero-order chi connectivity index (χ0) is 15.4. The first kappa shape index (κ1) is 15.9. The van der Waals surface area contributed by atoms with Gasteiger partial charge in [-0.3, -0.25) is 4.79 Å². The van der Waals surface area contributed by atoms with E-state index in [0.29, 0.717) is 15.7 Å². The van der Waals surface area contributed by atoms with Crippen molar-refractivity contribution < 1.29 is 14.3 Å². The van der Waals surface area contributed by atoms with E-state index in [0.717, 1.165) is 5.56 Å². The highest BCUT2D eigenvalue weighted by atomic mass is 79.9. The summed E-state index contributed by atoms with van der Waals surface area (Å²) in [6.45, 7) is -0.0896. The van der Waals surface area contributed by atoms with Gasteiger partial charge in [0.25, 0.3) is 0 Å². The molecule has 0 spiro atoms. The molecule has 0 aromatic heterocycles. The summed E-state index contributed by atoms with van der Waals surface area (Å²) in [4.78, 5) is 12.0. The van der Waals surface area contributed by atoms with Crippen molar-refractivity contribution >= 4 is 39.1 Å². The summed E-state index contributed by atoms with van der Waals surface area (Å²) >= 11 is 9.12. The van der Waals surface area contributed by atoms with Crippen LogP contribution in [0.15, 0.2) is 40.9 Å². The Labute approximate surface area is 134 Å². The lowest BCUT2D eigenvalue weighted by Crippen LogP contribution is -2.15. The van der Waals surface area contributed by atoms with Gasteiger partial charge in [0.1, 0.15) is 5.82 Å². The van der Waals surface area contributed by atoms with Gasteiger partial charge in [-0.2, -0.15) is 0 Å². The number of amides is 1. The number of hydrogen-bond acceptors (Lipinski definition) is 2. The first-order valence-corrected chi connectivity index (χ1v) is 7.30. The van der Waals surface area contributed by atoms with Crippen LogP contribution in [0.25, 0.3) is 0 Å². The molecule has 2 N–H and O–H groups in total. The van der Waals surface area contributed by atoms with Crippen LogP contribution < -0.4 is 5.32 Å². The van der Waals surface area contributed by atoms with E-state index in [-0.39, 0.29) is 24.0 Å². The summed E-state index contributed by atoms with van der Waals surface area (Å²) in [5, 5.41) is 11.7. The Morgan fingerprint density at radius 1 is 1.29 bits per heavy atom. The predicted octanol–water partition coefficient (Wildman–Crippen LogP) is 3.92. The van der Waals surface area contributed by atoms with Crippen molar-refractivity contribution in [1.29, 1.82) is 0 Å². The molecule has 0 atom stereocenters. The van der Waals surface area contributed by atoms with Gasteiger partial charge in [0.05, 0.1) is 18.1 Å². The zero-order valence-electron chi connectivity index (χ0n) is 10.9. The molecule has 110 valence electrons. The Bertz CT molecular complexity index is 679. The number of carbonyl (C=O) groups is 1. The van der Waals surface area contributed by atoms with Crippen molar-refractivity contribution in [2.75, 3.05) is 5.32 Å². The van der Waals surface area contributed by atoms with Crippen LogP contribution in [0, 0.1) is 5.82 Å². The average molecular weight is 373 g/mol. The fourth-order valence-electron chi connectivity index (χ4n) is 1.82. The van der Waals surface area contributed by atoms with Crippen molar-refractivity contribution in [2.24, 2.45) is 0 Å². The largest absolute Gasteiger partial charge is 0.392 e. The number of halogens is 3. The topological polar surface area (TPSA) is 49.3 Å². The molecule has 1 amide bonds. The molecule has 0 aliphatic rings. The Balaban J connectivity index is 2.08. The molecule has 0 saturated carbocycles. The van der Waals surface area contributed by atoms with Gasteiger partial charge in [0, 0.05) is 10.2 Å². The molecule has 0 aliphatic carbocycles. The number of benzene rings is 2. The molecule has 6 heteroatoms. The molecule has 0 bridgehead atoms. The summed E-state index contributed by atoms with van der Waals surface area (Å²) < 4.78 is 14.0. The molecule has 0 saturated heterocycles. The lowest BCUT2D eigenvalue weighted by Gasteiger charge is -2.09. The number of hydrogen-bond donors (Lipinski definition) is 2. The van der Waals surface area contributed by atoms with Crippen LogP contribution in [-0.2, 0) is 17.8 Å². The summed E-state index contributed by atoms with van der Waals surface area (Å²) in [5.74, 6) is -0.844. The third kappa shape index (κ3) is 4.03. The highest BCUT2D eigenvalue weighted by molar-refractivity contribution is 9.10. The summed E-state index contributed by atoms with van der Waals surface area (Å²) in [7, 11) is 0. The molecule has 0 heterocycles. The minimum absolute atomic E-state index is 0.0179. The number of rotatable bonds is 4. The van der Waals surface area contributed by atoms with Crippen molar-refractivity contribution in [3.05, 3.63) is 62.8 Å². The predicted molar refractivity (Wildman–Crippen MR) is 83.8 cm³/mol. The Morgan fingerprint density at radius 3 is 2.71 bits per heavy atom. The third-order valence-corrected chi connectivity index (χ3v) is 4.05. The van der Waals surface area contributed by atoms with Crippen LogP contribution in [0.4, 0.5) is 10.1 Å². The molecular formula is C15H12BrClFNO2. The first-order valence-electron chi connectivity index (χ1n) is 6.13. The highest BCUT2D eigenvalue weighted by Crippen LogP contribution is 2.23. The highest BCUT2D eigenvalue weighted by Gasteiger charge is 2.11. The van der Waals surface area contributed by atoms with Crippen LogP contribution in [0.3, 0.4) is 0 Å². The first-order chi connectivity index (χ1) is 10.0. The number of nitrogens with one attached hydrogen (secondary N) is 1. The van der Waals surface area contributed by atoms with Crippen LogP contribution in [0.1, 0.15) is 11.1 Å². The standard InChI is InChI=1S/C15H12BrClFNO2/c16-12-7-11(5-4-10(12)8-20)19-14(21)6-9-2-1-3-13(18)15(9)17/h1-5,7,20H,6,8H2,(H,19,21). The van der Waals surface area contributed by atoms with Crippen LogP contribution in [0.5, 0.6) is 0 Å². The average Bonchev–Trinajstić information content (AvgIpc) is 2.44. The van der Waals surface area contributed by atoms with E-state index in [1.807, 2.05) is 0 Å². The van der Waals surface area contributed by atoms with Crippen molar-refractivity contribution in [2.45, 2.75) is 13.0 Å². The van der Waals surface area contributed by atoms with Crippen LogP contribution in [-0.4, -0.2) is 11.0 Å². The second-order valence-electron chi connectivity index (χ2n) is 4.40. The Kier molecular flexibility index (Phi) is 5.33. The molecule has 21 heavy (non-hydrogen) atoms. The van der Waals surface area contributed by atoms with Gasteiger partial charge in [0.15, 0.2) is 0 Å². The third-order valence-electron chi connectivity index (χ3n) is 2.89. The monoisotopic (exact) mass is 371 g/mol. The number of aliphatic hydroxyl groups is 1. The summed E-state index contributed by atoms with van der Waals surface area (Å²) in [5.41, 5.74) is 1.73. The fraction of sp³-hybridized carbons (Fsp3) is 0.133. The fourth-order valence-corrected chi connectivity index (χ4v) is 2.51. The second-order valence-corrected chi connectivity index (χ2v) is 5.63. The molecule has 3 nitrogen and oxygen atoms in total. The Morgan fingerprint density at radius 2 is 2.05 bits per heavy atom. The molecule has 0 aliphatic heterocycles. The summed E-state index contributed by atoms with van der Waals surface area (Å²) in [6.07, 6.45) is -0.0179. The van der Waals surface area contributed by atoms with Gasteiger partial charge < -0.3 is 10.4 Å². The van der Waals surface area contributed by atoms with Crippen LogP contribution >= 0.6 is 27.5 Å². The number of anilines is 1. The van der Waals surface area contributed by atoms with Crippen molar-refractivity contribution in [3.8, 4) is 0 Å². The number of aliphatic hydroxyl groups excluding tert-OH is 1.